The average Bonchev–Trinajstić information content (AvgIpc) is 2.71. The van der Waals surface area contributed by atoms with Gasteiger partial charge in [-0.1, -0.05) is 0 Å². The van der Waals surface area contributed by atoms with Gasteiger partial charge >= 0.3 is 0 Å². The molecule has 0 saturated heterocycles. The van der Waals surface area contributed by atoms with E-state index in [-0.39, 0.29) is 5.96 Å². The van der Waals surface area contributed by atoms with Crippen LogP contribution in [0.2, 0.25) is 0 Å². The van der Waals surface area contributed by atoms with Crippen LogP contribution in [0.3, 0.4) is 0 Å². The summed E-state index contributed by atoms with van der Waals surface area (Å²) in [5.41, 5.74) is 0.835. The summed E-state index contributed by atoms with van der Waals surface area (Å²) in [6.07, 6.45) is 0.788. The Balaban J connectivity index is 1.93. The predicted molar refractivity (Wildman–Crippen MR) is 107 cm³/mol. The van der Waals surface area contributed by atoms with Crippen molar-refractivity contribution in [2.45, 2.75) is 31.6 Å². The normalized spacial score (nSPS) is 19.7. The molecule has 0 amide bonds. The van der Waals surface area contributed by atoms with Crippen molar-refractivity contribution in [1.82, 2.24) is 5.32 Å². The summed E-state index contributed by atoms with van der Waals surface area (Å²) >= 11 is 0. The average molecular weight is 391 g/mol. The van der Waals surface area contributed by atoms with Gasteiger partial charge in [0.2, 0.25) is 12.2 Å². The molecule has 1 heterocycles. The van der Waals surface area contributed by atoms with Gasteiger partial charge in [-0.25, -0.2) is 0 Å². The van der Waals surface area contributed by atoms with Crippen molar-refractivity contribution in [2.24, 2.45) is 4.99 Å². The molecule has 29 heavy (non-hydrogen) atoms. The first-order chi connectivity index (χ1) is 13.9. The van der Waals surface area contributed by atoms with E-state index in [1.54, 1.807) is 69.6 Å². The molecule has 8 heteroatoms. The van der Waals surface area contributed by atoms with Gasteiger partial charge in [0, 0.05) is 11.3 Å². The molecule has 0 aliphatic carbocycles. The molecule has 8 nitrogen and oxygen atoms in total. The van der Waals surface area contributed by atoms with Crippen LogP contribution in [0.25, 0.3) is 0 Å². The number of fused-ring (bicyclic) bond motifs is 1. The van der Waals surface area contributed by atoms with Crippen molar-refractivity contribution in [1.29, 1.82) is 10.5 Å². The highest BCUT2D eigenvalue weighted by atomic mass is 16.5. The molecule has 2 atom stereocenters. The van der Waals surface area contributed by atoms with Gasteiger partial charge in [-0.3, -0.25) is 0 Å². The summed E-state index contributed by atoms with van der Waals surface area (Å²) < 4.78 is 11.0. The Bertz CT molecular complexity index is 1000. The van der Waals surface area contributed by atoms with E-state index in [9.17, 15) is 10.4 Å². The molecule has 0 fully saturated rings. The lowest BCUT2D eigenvalue weighted by Crippen LogP contribution is -2.54. The number of nitriles is 2. The number of hydrogen-bond donors (Lipinski definition) is 3. The Morgan fingerprint density at radius 2 is 1.93 bits per heavy atom. The topological polar surface area (TPSA) is 123 Å². The van der Waals surface area contributed by atoms with Gasteiger partial charge < -0.3 is 25.2 Å². The van der Waals surface area contributed by atoms with Gasteiger partial charge in [0.25, 0.3) is 0 Å². The zero-order chi connectivity index (χ0) is 21.0. The van der Waals surface area contributed by atoms with E-state index in [2.05, 4.69) is 21.7 Å². The van der Waals surface area contributed by atoms with Gasteiger partial charge in [-0.2, -0.15) is 10.5 Å². The number of rotatable bonds is 3. The molecule has 0 radical (unpaired) electrons. The molecule has 3 rings (SSSR count). The largest absolute Gasteiger partial charge is 0.497 e. The second kappa shape index (κ2) is 8.09. The van der Waals surface area contributed by atoms with Crippen LogP contribution in [-0.2, 0) is 0 Å². The molecular formula is C21H21N5O3. The van der Waals surface area contributed by atoms with Gasteiger partial charge in [-0.15, -0.1) is 4.99 Å². The monoisotopic (exact) mass is 391 g/mol. The summed E-state index contributed by atoms with van der Waals surface area (Å²) in [4.78, 5) is 3.81. The summed E-state index contributed by atoms with van der Waals surface area (Å²) in [6, 6.07) is 13.5. The zero-order valence-electron chi connectivity index (χ0n) is 16.3. The quantitative estimate of drug-likeness (QED) is 0.418. The number of nitrogens with zero attached hydrogens (tertiary/aromatic N) is 3. The van der Waals surface area contributed by atoms with Crippen LogP contribution >= 0.6 is 0 Å². The van der Waals surface area contributed by atoms with Crippen LogP contribution in [0.4, 0.5) is 5.69 Å². The smallest absolute Gasteiger partial charge is 0.212 e. The fourth-order valence-electron chi connectivity index (χ4n) is 3.13. The molecule has 0 unspecified atom stereocenters. The number of guanidine groups is 1. The molecule has 0 spiro atoms. The number of methoxy groups -OCH3 is 1. The highest BCUT2D eigenvalue weighted by Crippen LogP contribution is 2.40. The number of aliphatic hydroxyl groups is 1. The Morgan fingerprint density at radius 3 is 2.55 bits per heavy atom. The number of anilines is 1. The van der Waals surface area contributed by atoms with Crippen molar-refractivity contribution in [2.75, 3.05) is 12.4 Å². The summed E-state index contributed by atoms with van der Waals surface area (Å²) in [7, 11) is 1.58. The molecule has 3 N–H and O–H groups in total. The molecular weight excluding hydrogens is 370 g/mol. The minimum absolute atomic E-state index is 0.160. The van der Waals surface area contributed by atoms with Gasteiger partial charge in [0.1, 0.15) is 23.2 Å². The number of hydrogen-bond acceptors (Lipinski definition) is 6. The lowest BCUT2D eigenvalue weighted by Gasteiger charge is -2.42. The third-order valence-electron chi connectivity index (χ3n) is 4.68. The number of nitrogens with one attached hydrogen (secondary N) is 2. The lowest BCUT2D eigenvalue weighted by molar-refractivity contribution is -0.0610. The van der Waals surface area contributed by atoms with Crippen molar-refractivity contribution in [3.63, 3.8) is 0 Å². The van der Waals surface area contributed by atoms with E-state index in [0.717, 1.165) is 0 Å². The maximum atomic E-state index is 10.9. The van der Waals surface area contributed by atoms with E-state index in [1.807, 2.05) is 0 Å². The van der Waals surface area contributed by atoms with E-state index in [1.165, 1.54) is 0 Å². The molecule has 2 aromatic carbocycles. The van der Waals surface area contributed by atoms with Crippen LogP contribution in [-0.4, -0.2) is 29.9 Å². The predicted octanol–water partition coefficient (Wildman–Crippen LogP) is 2.68. The third-order valence-corrected chi connectivity index (χ3v) is 4.68. The van der Waals surface area contributed by atoms with Crippen LogP contribution in [0, 0.1) is 22.8 Å². The summed E-state index contributed by atoms with van der Waals surface area (Å²) in [5, 5.41) is 35.4. The van der Waals surface area contributed by atoms with Crippen LogP contribution in [0.5, 0.6) is 11.5 Å². The van der Waals surface area contributed by atoms with E-state index < -0.39 is 17.7 Å². The Kier molecular flexibility index (Phi) is 5.58. The second-order valence-electron chi connectivity index (χ2n) is 7.05. The maximum absolute atomic E-state index is 10.9. The molecule has 1 aliphatic heterocycles. The Hall–Kier alpha value is -3.75. The molecule has 1 aliphatic rings. The number of ether oxygens (including phenoxy) is 2. The fourth-order valence-corrected chi connectivity index (χ4v) is 3.13. The molecule has 148 valence electrons. The Labute approximate surface area is 169 Å². The van der Waals surface area contributed by atoms with Crippen LogP contribution < -0.4 is 20.1 Å². The standard InChI is InChI=1S/C21H21N5O3/c1-21(2)19(27)18(16-10-13(11-22)4-9-17(16)29-21)26-20(24-12-23)25-14-5-7-15(28-3)8-6-14/h4-10,18-19,27H,1-3H3,(H2,24,25,26)/t18-,19+/m1/s1. The number of benzene rings is 2. The van der Waals surface area contributed by atoms with E-state index in [0.29, 0.717) is 28.3 Å². The van der Waals surface area contributed by atoms with Crippen molar-refractivity contribution >= 4 is 11.6 Å². The first-order valence-electron chi connectivity index (χ1n) is 8.93. The lowest BCUT2D eigenvalue weighted by atomic mass is 9.86. The molecule has 2 aromatic rings. The van der Waals surface area contributed by atoms with E-state index >= 15 is 0 Å². The number of aliphatic imine (C=N–C) groups is 1. The summed E-state index contributed by atoms with van der Waals surface area (Å²) in [5.74, 6) is 1.41. The first kappa shape index (κ1) is 20.0. The minimum Gasteiger partial charge on any atom is -0.497 e. The minimum atomic E-state index is -0.967. The first-order valence-corrected chi connectivity index (χ1v) is 8.93. The molecule has 0 saturated carbocycles. The highest BCUT2D eigenvalue weighted by molar-refractivity contribution is 5.94. The Morgan fingerprint density at radius 1 is 1.21 bits per heavy atom. The second-order valence-corrected chi connectivity index (χ2v) is 7.05. The zero-order valence-corrected chi connectivity index (χ0v) is 16.3. The number of aliphatic hydroxyl groups excluding tert-OH is 1. The molecule has 0 bridgehead atoms. The van der Waals surface area contributed by atoms with E-state index in [4.69, 9.17) is 14.7 Å². The van der Waals surface area contributed by atoms with Gasteiger partial charge in [0.15, 0.2) is 0 Å². The van der Waals surface area contributed by atoms with Crippen molar-refractivity contribution in [3.05, 3.63) is 53.6 Å². The van der Waals surface area contributed by atoms with Crippen molar-refractivity contribution in [3.8, 4) is 23.8 Å². The van der Waals surface area contributed by atoms with Crippen LogP contribution in [0.1, 0.15) is 31.0 Å². The van der Waals surface area contributed by atoms with Gasteiger partial charge in [0.05, 0.1) is 24.8 Å². The third kappa shape index (κ3) is 4.23. The van der Waals surface area contributed by atoms with Crippen molar-refractivity contribution < 1.29 is 14.6 Å². The van der Waals surface area contributed by atoms with Gasteiger partial charge in [-0.05, 0) is 56.3 Å². The van der Waals surface area contributed by atoms with Crippen LogP contribution in [0.15, 0.2) is 47.5 Å². The SMILES string of the molecule is COc1ccc(NC(=NC#N)N[C@@H]2c3cc(C#N)ccc3OC(C)(C)[C@H]2O)cc1. The molecule has 0 aromatic heterocycles. The highest BCUT2D eigenvalue weighted by Gasteiger charge is 2.43. The fraction of sp³-hybridized carbons (Fsp3) is 0.286. The maximum Gasteiger partial charge on any atom is 0.212 e. The summed E-state index contributed by atoms with van der Waals surface area (Å²) in [6.45, 7) is 3.54.